The van der Waals surface area contributed by atoms with Crippen LogP contribution in [-0.4, -0.2) is 19.1 Å². The van der Waals surface area contributed by atoms with Gasteiger partial charge in [0.05, 0.1) is 50.8 Å². The maximum atomic E-state index is 9.51. The third kappa shape index (κ3) is 4.63. The van der Waals surface area contributed by atoms with Gasteiger partial charge in [-0.1, -0.05) is 121 Å². The van der Waals surface area contributed by atoms with Crippen molar-refractivity contribution in [1.82, 2.24) is 19.1 Å². The van der Waals surface area contributed by atoms with Crippen molar-refractivity contribution in [2.45, 2.75) is 0 Å². The van der Waals surface area contributed by atoms with Crippen LogP contribution in [0.2, 0.25) is 0 Å². The molecular weight excluding hydrogens is 635 g/mol. The zero-order valence-electron chi connectivity index (χ0n) is 28.0. The molecule has 52 heavy (non-hydrogen) atoms. The molecule has 242 valence electrons. The molecule has 0 spiro atoms. The average Bonchev–Trinajstić information content (AvgIpc) is 3.74. The summed E-state index contributed by atoms with van der Waals surface area (Å²) < 4.78 is 4.73. The first-order chi connectivity index (χ1) is 25.8. The van der Waals surface area contributed by atoms with E-state index in [0.29, 0.717) is 11.4 Å². The quantitative estimate of drug-likeness (QED) is 0.184. The molecule has 0 saturated carbocycles. The van der Waals surface area contributed by atoms with Crippen LogP contribution in [0.4, 0.5) is 0 Å². The number of fused-ring (bicyclic) bond motifs is 7. The van der Waals surface area contributed by atoms with Gasteiger partial charge in [-0.25, -0.2) is 9.97 Å². The fourth-order valence-corrected chi connectivity index (χ4v) is 7.67. The van der Waals surface area contributed by atoms with Crippen molar-refractivity contribution in [3.8, 4) is 51.3 Å². The van der Waals surface area contributed by atoms with E-state index in [1.807, 2.05) is 60.7 Å². The monoisotopic (exact) mass is 663 g/mol. The van der Waals surface area contributed by atoms with Gasteiger partial charge < -0.3 is 9.13 Å². The average molecular weight is 664 g/mol. The van der Waals surface area contributed by atoms with Crippen LogP contribution in [0.1, 0.15) is 5.56 Å². The third-order valence-corrected chi connectivity index (χ3v) is 9.97. The maximum absolute atomic E-state index is 9.51. The Labute approximate surface area is 299 Å². The molecular formula is C47H29N5. The molecule has 7 aromatic carbocycles. The Bertz CT molecular complexity index is 2950. The molecule has 0 unspecified atom stereocenters. The minimum atomic E-state index is 0.638. The van der Waals surface area contributed by atoms with Gasteiger partial charge in [-0.2, -0.15) is 5.26 Å². The molecule has 0 aliphatic carbocycles. The van der Waals surface area contributed by atoms with Crippen molar-refractivity contribution >= 4 is 43.6 Å². The van der Waals surface area contributed by atoms with E-state index in [1.165, 1.54) is 16.2 Å². The Morgan fingerprint density at radius 3 is 1.83 bits per heavy atom. The first kappa shape index (κ1) is 29.6. The molecule has 0 radical (unpaired) electrons. The van der Waals surface area contributed by atoms with Gasteiger partial charge in [0.25, 0.3) is 0 Å². The van der Waals surface area contributed by atoms with Crippen molar-refractivity contribution in [3.05, 3.63) is 181 Å². The second kappa shape index (κ2) is 11.9. The van der Waals surface area contributed by atoms with Gasteiger partial charge in [-0.15, -0.1) is 0 Å². The van der Waals surface area contributed by atoms with Crippen molar-refractivity contribution in [2.24, 2.45) is 0 Å². The van der Waals surface area contributed by atoms with Gasteiger partial charge in [0.15, 0.2) is 5.82 Å². The number of nitrogens with zero attached hydrogens (tertiary/aromatic N) is 5. The number of nitriles is 1. The van der Waals surface area contributed by atoms with Crippen molar-refractivity contribution < 1.29 is 0 Å². The summed E-state index contributed by atoms with van der Waals surface area (Å²) in [4.78, 5) is 10.3. The van der Waals surface area contributed by atoms with Gasteiger partial charge in [-0.3, -0.25) is 0 Å². The fourth-order valence-electron chi connectivity index (χ4n) is 7.67. The molecule has 0 atom stereocenters. The summed E-state index contributed by atoms with van der Waals surface area (Å²) in [6.45, 7) is 0. The highest BCUT2D eigenvalue weighted by atomic mass is 15.0. The Kier molecular flexibility index (Phi) is 6.80. The second-order valence-electron chi connectivity index (χ2n) is 12.9. The lowest BCUT2D eigenvalue weighted by Crippen LogP contribution is -2.01. The van der Waals surface area contributed by atoms with E-state index >= 15 is 0 Å². The summed E-state index contributed by atoms with van der Waals surface area (Å²) in [6.07, 6.45) is 0. The van der Waals surface area contributed by atoms with Gasteiger partial charge >= 0.3 is 0 Å². The van der Waals surface area contributed by atoms with E-state index in [9.17, 15) is 5.26 Å². The van der Waals surface area contributed by atoms with Crippen LogP contribution in [0.5, 0.6) is 0 Å². The number of hydrogen-bond acceptors (Lipinski definition) is 3. The molecule has 3 heterocycles. The smallest absolute Gasteiger partial charge is 0.160 e. The Morgan fingerprint density at radius 2 is 1.08 bits per heavy atom. The SMILES string of the molecule is N#Cc1ccc(-n2c3ccccc3c3c2ccc2c4ccccc4n(-c4ccccc4-c4cc(-c5ccccc5)nc(-c5ccccc5)n4)c23)cc1. The highest BCUT2D eigenvalue weighted by Gasteiger charge is 2.23. The molecule has 10 rings (SSSR count). The van der Waals surface area contributed by atoms with E-state index in [1.54, 1.807) is 0 Å². The van der Waals surface area contributed by atoms with Gasteiger partial charge in [0.1, 0.15) is 0 Å². The van der Waals surface area contributed by atoms with Crippen LogP contribution >= 0.6 is 0 Å². The Balaban J connectivity index is 1.31. The lowest BCUT2D eigenvalue weighted by Gasteiger charge is -2.16. The topological polar surface area (TPSA) is 59.4 Å². The molecule has 10 aromatic rings. The highest BCUT2D eigenvalue weighted by Crippen LogP contribution is 2.43. The molecule has 5 heteroatoms. The van der Waals surface area contributed by atoms with Gasteiger partial charge in [0.2, 0.25) is 0 Å². The molecule has 0 aliphatic rings. The minimum Gasteiger partial charge on any atom is -0.309 e. The third-order valence-electron chi connectivity index (χ3n) is 9.97. The predicted molar refractivity (Wildman–Crippen MR) is 212 cm³/mol. The Hall–Kier alpha value is -7.29. The molecule has 5 nitrogen and oxygen atoms in total. The van der Waals surface area contributed by atoms with Crippen LogP contribution in [-0.2, 0) is 0 Å². The van der Waals surface area contributed by atoms with Crippen molar-refractivity contribution in [1.29, 1.82) is 5.26 Å². The number of aromatic nitrogens is 4. The summed E-state index contributed by atoms with van der Waals surface area (Å²) in [5.41, 5.74) is 11.9. The fraction of sp³-hybridized carbons (Fsp3) is 0. The zero-order valence-corrected chi connectivity index (χ0v) is 28.0. The van der Waals surface area contributed by atoms with Crippen LogP contribution < -0.4 is 0 Å². The standard InChI is InChI=1S/C47H29N5/c48-30-31-23-25-34(26-24-31)51-43-22-12-9-19-38(43)45-44(51)28-27-36-35-17-7-10-20-41(35)52(46(36)45)42-21-11-8-18-37(42)40-29-39(32-13-3-1-4-14-32)49-47(50-40)33-15-5-2-6-16-33/h1-29H. The predicted octanol–water partition coefficient (Wildman–Crippen LogP) is 11.5. The molecule has 0 saturated heterocycles. The molecule has 0 fully saturated rings. The molecule has 0 N–H and O–H groups in total. The summed E-state index contributed by atoms with van der Waals surface area (Å²) in [5.74, 6) is 0.682. The van der Waals surface area contributed by atoms with Crippen molar-refractivity contribution in [3.63, 3.8) is 0 Å². The number of para-hydroxylation sites is 3. The number of hydrogen-bond donors (Lipinski definition) is 0. The van der Waals surface area contributed by atoms with Crippen LogP contribution in [0.25, 0.3) is 88.9 Å². The van der Waals surface area contributed by atoms with E-state index in [4.69, 9.17) is 9.97 Å². The first-order valence-corrected chi connectivity index (χ1v) is 17.3. The Morgan fingerprint density at radius 1 is 0.462 bits per heavy atom. The lowest BCUT2D eigenvalue weighted by atomic mass is 10.0. The van der Waals surface area contributed by atoms with E-state index in [0.717, 1.165) is 66.9 Å². The molecule has 3 aromatic heterocycles. The first-order valence-electron chi connectivity index (χ1n) is 17.3. The summed E-state index contributed by atoms with van der Waals surface area (Å²) >= 11 is 0. The van der Waals surface area contributed by atoms with E-state index in [2.05, 4.69) is 130 Å². The van der Waals surface area contributed by atoms with Crippen LogP contribution in [0.3, 0.4) is 0 Å². The number of rotatable bonds is 5. The molecule has 0 bridgehead atoms. The van der Waals surface area contributed by atoms with Crippen LogP contribution in [0, 0.1) is 11.3 Å². The lowest BCUT2D eigenvalue weighted by molar-refractivity contribution is 1.15. The summed E-state index contributed by atoms with van der Waals surface area (Å²) in [5, 5.41) is 14.2. The molecule has 0 amide bonds. The highest BCUT2D eigenvalue weighted by molar-refractivity contribution is 6.26. The van der Waals surface area contributed by atoms with E-state index in [-0.39, 0.29) is 0 Å². The van der Waals surface area contributed by atoms with Gasteiger partial charge in [-0.05, 0) is 54.6 Å². The van der Waals surface area contributed by atoms with Crippen LogP contribution in [0.15, 0.2) is 176 Å². The summed E-state index contributed by atoms with van der Waals surface area (Å²) in [6, 6.07) is 63.0. The molecule has 0 aliphatic heterocycles. The zero-order chi connectivity index (χ0) is 34.6. The largest absolute Gasteiger partial charge is 0.309 e. The second-order valence-corrected chi connectivity index (χ2v) is 12.9. The van der Waals surface area contributed by atoms with E-state index < -0.39 is 0 Å². The number of benzene rings is 7. The minimum absolute atomic E-state index is 0.638. The maximum Gasteiger partial charge on any atom is 0.160 e. The summed E-state index contributed by atoms with van der Waals surface area (Å²) in [7, 11) is 0. The van der Waals surface area contributed by atoms with Gasteiger partial charge in [0, 0.05) is 43.9 Å². The van der Waals surface area contributed by atoms with Crippen molar-refractivity contribution in [2.75, 3.05) is 0 Å². The normalized spacial score (nSPS) is 11.4.